The molecule has 0 atom stereocenters. The molecular weight excluding hydrogens is 304 g/mol. The van der Waals surface area contributed by atoms with E-state index in [2.05, 4.69) is 25.7 Å². The molecule has 0 aliphatic carbocycles. The van der Waals surface area contributed by atoms with Crippen LogP contribution in [0.4, 0.5) is 10.5 Å². The fourth-order valence-corrected chi connectivity index (χ4v) is 2.25. The van der Waals surface area contributed by atoms with E-state index in [1.54, 1.807) is 23.3 Å². The number of aromatic nitrogens is 4. The summed E-state index contributed by atoms with van der Waals surface area (Å²) in [6, 6.07) is 11.3. The van der Waals surface area contributed by atoms with Gasteiger partial charge in [-0.3, -0.25) is 4.68 Å². The molecule has 0 aliphatic rings. The summed E-state index contributed by atoms with van der Waals surface area (Å²) in [7, 11) is 1.88. The van der Waals surface area contributed by atoms with E-state index >= 15 is 0 Å². The first-order chi connectivity index (χ1) is 11.7. The number of amides is 2. The van der Waals surface area contributed by atoms with Crippen LogP contribution in [0.5, 0.6) is 0 Å². The Hall–Kier alpha value is -3.22. The standard InChI is InChI=1S/C17H18N6O/c1-23-15(8-10-21-23)7-9-18-17(24)22-14-11-19-16(20-12-14)13-5-3-2-4-6-13/h2-6,8,10-12H,7,9H2,1H3,(H2,18,22,24). The molecular formula is C17H18N6O. The molecule has 2 N–H and O–H groups in total. The van der Waals surface area contributed by atoms with E-state index in [1.807, 2.05) is 43.4 Å². The van der Waals surface area contributed by atoms with Crippen molar-refractivity contribution in [3.05, 3.63) is 60.7 Å². The molecule has 3 rings (SSSR count). The van der Waals surface area contributed by atoms with Crippen molar-refractivity contribution < 1.29 is 4.79 Å². The first kappa shape index (κ1) is 15.7. The molecule has 0 unspecified atom stereocenters. The van der Waals surface area contributed by atoms with Gasteiger partial charge in [-0.05, 0) is 6.07 Å². The van der Waals surface area contributed by atoms with E-state index in [-0.39, 0.29) is 6.03 Å². The first-order valence-electron chi connectivity index (χ1n) is 7.61. The van der Waals surface area contributed by atoms with Crippen molar-refractivity contribution in [2.75, 3.05) is 11.9 Å². The minimum atomic E-state index is -0.284. The highest BCUT2D eigenvalue weighted by molar-refractivity contribution is 5.88. The zero-order valence-electron chi connectivity index (χ0n) is 13.3. The molecule has 0 saturated heterocycles. The van der Waals surface area contributed by atoms with Crippen LogP contribution in [0.15, 0.2) is 55.0 Å². The fraction of sp³-hybridized carbons (Fsp3) is 0.176. The van der Waals surface area contributed by atoms with Gasteiger partial charge >= 0.3 is 6.03 Å². The Kier molecular flexibility index (Phi) is 4.81. The van der Waals surface area contributed by atoms with Gasteiger partial charge < -0.3 is 10.6 Å². The van der Waals surface area contributed by atoms with Gasteiger partial charge in [-0.15, -0.1) is 0 Å². The minimum Gasteiger partial charge on any atom is -0.337 e. The third kappa shape index (κ3) is 3.95. The molecule has 0 bridgehead atoms. The number of urea groups is 1. The largest absolute Gasteiger partial charge is 0.337 e. The maximum atomic E-state index is 11.9. The molecule has 2 aromatic heterocycles. The van der Waals surface area contributed by atoms with Crippen molar-refractivity contribution in [2.45, 2.75) is 6.42 Å². The quantitative estimate of drug-likeness (QED) is 0.754. The van der Waals surface area contributed by atoms with Gasteiger partial charge in [0.2, 0.25) is 0 Å². The van der Waals surface area contributed by atoms with E-state index in [0.29, 0.717) is 24.5 Å². The van der Waals surface area contributed by atoms with Gasteiger partial charge in [0.05, 0.1) is 18.1 Å². The molecule has 0 spiro atoms. The highest BCUT2D eigenvalue weighted by Crippen LogP contribution is 2.14. The van der Waals surface area contributed by atoms with Gasteiger partial charge in [0.25, 0.3) is 0 Å². The molecule has 1 aromatic carbocycles. The number of anilines is 1. The van der Waals surface area contributed by atoms with Gasteiger partial charge in [-0.25, -0.2) is 14.8 Å². The van der Waals surface area contributed by atoms with Gasteiger partial charge in [0.1, 0.15) is 0 Å². The van der Waals surface area contributed by atoms with Crippen LogP contribution < -0.4 is 10.6 Å². The Morgan fingerprint density at radius 2 is 1.88 bits per heavy atom. The van der Waals surface area contributed by atoms with Crippen LogP contribution in [0, 0.1) is 0 Å². The number of carbonyl (C=O) groups excluding carboxylic acids is 1. The van der Waals surface area contributed by atoms with Crippen molar-refractivity contribution in [3.63, 3.8) is 0 Å². The lowest BCUT2D eigenvalue weighted by Gasteiger charge is -2.08. The summed E-state index contributed by atoms with van der Waals surface area (Å²) in [4.78, 5) is 20.4. The van der Waals surface area contributed by atoms with Crippen LogP contribution in [0.2, 0.25) is 0 Å². The van der Waals surface area contributed by atoms with Crippen molar-refractivity contribution in [1.82, 2.24) is 25.1 Å². The van der Waals surface area contributed by atoms with Crippen molar-refractivity contribution in [2.24, 2.45) is 7.05 Å². The molecule has 0 fully saturated rings. The maximum Gasteiger partial charge on any atom is 0.319 e. The number of carbonyl (C=O) groups is 1. The summed E-state index contributed by atoms with van der Waals surface area (Å²) in [6.07, 6.45) is 5.64. The third-order valence-electron chi connectivity index (χ3n) is 3.53. The smallest absolute Gasteiger partial charge is 0.319 e. The van der Waals surface area contributed by atoms with Crippen LogP contribution in [-0.4, -0.2) is 32.3 Å². The average Bonchev–Trinajstić information content (AvgIpc) is 3.01. The highest BCUT2D eigenvalue weighted by Gasteiger charge is 2.05. The molecule has 122 valence electrons. The summed E-state index contributed by atoms with van der Waals surface area (Å²) in [6.45, 7) is 0.522. The number of benzene rings is 1. The normalized spacial score (nSPS) is 10.4. The Morgan fingerprint density at radius 3 is 2.54 bits per heavy atom. The van der Waals surface area contributed by atoms with Crippen LogP contribution in [0.3, 0.4) is 0 Å². The Bertz CT molecular complexity index is 797. The summed E-state index contributed by atoms with van der Waals surface area (Å²) in [5, 5.41) is 9.60. The molecule has 7 heteroatoms. The molecule has 7 nitrogen and oxygen atoms in total. The number of aryl methyl sites for hydroxylation is 1. The lowest BCUT2D eigenvalue weighted by atomic mass is 10.2. The molecule has 0 aliphatic heterocycles. The summed E-state index contributed by atoms with van der Waals surface area (Å²) < 4.78 is 1.79. The Morgan fingerprint density at radius 1 is 1.12 bits per heavy atom. The Labute approximate surface area is 139 Å². The molecule has 2 heterocycles. The van der Waals surface area contributed by atoms with E-state index in [1.165, 1.54) is 0 Å². The highest BCUT2D eigenvalue weighted by atomic mass is 16.2. The summed E-state index contributed by atoms with van der Waals surface area (Å²) >= 11 is 0. The fourth-order valence-electron chi connectivity index (χ4n) is 2.25. The zero-order valence-corrected chi connectivity index (χ0v) is 13.3. The predicted octanol–water partition coefficient (Wildman–Crippen LogP) is 2.24. The number of nitrogens with one attached hydrogen (secondary N) is 2. The lowest BCUT2D eigenvalue weighted by Crippen LogP contribution is -2.30. The predicted molar refractivity (Wildman–Crippen MR) is 91.4 cm³/mol. The lowest BCUT2D eigenvalue weighted by molar-refractivity contribution is 0.252. The van der Waals surface area contributed by atoms with Crippen molar-refractivity contribution in [3.8, 4) is 11.4 Å². The number of nitrogens with zero attached hydrogens (tertiary/aromatic N) is 4. The van der Waals surface area contributed by atoms with Crippen molar-refractivity contribution >= 4 is 11.7 Å². The SMILES string of the molecule is Cn1nccc1CCNC(=O)Nc1cnc(-c2ccccc2)nc1. The van der Waals surface area contributed by atoms with E-state index in [4.69, 9.17) is 0 Å². The molecule has 0 radical (unpaired) electrons. The third-order valence-corrected chi connectivity index (χ3v) is 3.53. The molecule has 24 heavy (non-hydrogen) atoms. The second-order valence-corrected chi connectivity index (χ2v) is 5.24. The van der Waals surface area contributed by atoms with Crippen LogP contribution in [0.1, 0.15) is 5.69 Å². The van der Waals surface area contributed by atoms with E-state index in [0.717, 1.165) is 11.3 Å². The van der Waals surface area contributed by atoms with Crippen molar-refractivity contribution in [1.29, 1.82) is 0 Å². The topological polar surface area (TPSA) is 84.7 Å². The molecule has 0 saturated carbocycles. The zero-order chi connectivity index (χ0) is 16.8. The van der Waals surface area contributed by atoms with Gasteiger partial charge in [-0.1, -0.05) is 30.3 Å². The second-order valence-electron chi connectivity index (χ2n) is 5.24. The first-order valence-corrected chi connectivity index (χ1v) is 7.61. The van der Waals surface area contributed by atoms with Gasteiger partial charge in [0, 0.05) is 37.5 Å². The van der Waals surface area contributed by atoms with E-state index < -0.39 is 0 Å². The molecule has 3 aromatic rings. The average molecular weight is 322 g/mol. The van der Waals surface area contributed by atoms with Crippen LogP contribution >= 0.6 is 0 Å². The number of rotatable bonds is 5. The monoisotopic (exact) mass is 322 g/mol. The maximum absolute atomic E-state index is 11.9. The Balaban J connectivity index is 1.50. The summed E-state index contributed by atoms with van der Waals surface area (Å²) in [5.41, 5.74) is 2.54. The van der Waals surface area contributed by atoms with E-state index in [9.17, 15) is 4.79 Å². The minimum absolute atomic E-state index is 0.284. The number of hydrogen-bond donors (Lipinski definition) is 2. The molecule has 2 amide bonds. The summed E-state index contributed by atoms with van der Waals surface area (Å²) in [5.74, 6) is 0.623. The van der Waals surface area contributed by atoms with Crippen LogP contribution in [-0.2, 0) is 13.5 Å². The van der Waals surface area contributed by atoms with Crippen LogP contribution in [0.25, 0.3) is 11.4 Å². The second kappa shape index (κ2) is 7.36. The number of hydrogen-bond acceptors (Lipinski definition) is 4. The van der Waals surface area contributed by atoms with Gasteiger partial charge in [-0.2, -0.15) is 5.10 Å². The van der Waals surface area contributed by atoms with Gasteiger partial charge in [0.15, 0.2) is 5.82 Å².